The number of carbonyl (C=O) groups excluding carboxylic acids is 1. The van der Waals surface area contributed by atoms with Gasteiger partial charge < -0.3 is 33.9 Å². The summed E-state index contributed by atoms with van der Waals surface area (Å²) in [5.74, 6) is 1.50. The SMILES string of the molecule is COCCOc1ccc2c3c(oc2c1)C(C)(C)c1cc(OC[C@@H](O)[C@H](O)CO)ccc1C3=O. The number of ether oxygens (including phenoxy) is 3. The van der Waals surface area contributed by atoms with Crippen molar-refractivity contribution < 1.29 is 38.7 Å². The molecule has 8 heteroatoms. The molecular formula is C25H28O8. The van der Waals surface area contributed by atoms with E-state index in [1.807, 2.05) is 26.0 Å². The van der Waals surface area contributed by atoms with Crippen LogP contribution in [0.2, 0.25) is 0 Å². The largest absolute Gasteiger partial charge is 0.491 e. The Balaban J connectivity index is 1.67. The minimum Gasteiger partial charge on any atom is -0.491 e. The first-order chi connectivity index (χ1) is 15.8. The third-order valence-corrected chi connectivity index (χ3v) is 5.97. The molecule has 2 aromatic carbocycles. The second-order valence-corrected chi connectivity index (χ2v) is 8.60. The quantitative estimate of drug-likeness (QED) is 0.420. The van der Waals surface area contributed by atoms with Crippen LogP contribution in [0.4, 0.5) is 0 Å². The average Bonchev–Trinajstić information content (AvgIpc) is 3.21. The molecule has 0 bridgehead atoms. The van der Waals surface area contributed by atoms with Crippen LogP contribution < -0.4 is 9.47 Å². The maximum atomic E-state index is 13.4. The standard InChI is InChI=1S/C25H28O8/c1-25(2)18-10-14(32-13-20(28)19(27)12-26)4-6-16(18)23(29)22-17-7-5-15(31-9-8-30-3)11-21(17)33-24(22)25/h4-7,10-11,19-20,26-28H,8-9,12-13H2,1-3H3/t19-,20-/m1/s1. The normalized spacial score (nSPS) is 16.2. The van der Waals surface area contributed by atoms with E-state index < -0.39 is 24.2 Å². The first-order valence-corrected chi connectivity index (χ1v) is 10.8. The van der Waals surface area contributed by atoms with Gasteiger partial charge in [-0.3, -0.25) is 4.79 Å². The van der Waals surface area contributed by atoms with Gasteiger partial charge in [0.25, 0.3) is 0 Å². The molecule has 1 aliphatic rings. The predicted molar refractivity (Wildman–Crippen MR) is 120 cm³/mol. The molecule has 3 N–H and O–H groups in total. The Morgan fingerprint density at radius 3 is 2.45 bits per heavy atom. The fourth-order valence-electron chi connectivity index (χ4n) is 4.07. The smallest absolute Gasteiger partial charge is 0.197 e. The van der Waals surface area contributed by atoms with Crippen LogP contribution in [0.1, 0.15) is 41.1 Å². The van der Waals surface area contributed by atoms with Crippen LogP contribution in [0, 0.1) is 0 Å². The average molecular weight is 456 g/mol. The van der Waals surface area contributed by atoms with E-state index in [1.165, 1.54) is 0 Å². The fourth-order valence-corrected chi connectivity index (χ4v) is 4.07. The molecule has 176 valence electrons. The number of hydrogen-bond donors (Lipinski definition) is 3. The van der Waals surface area contributed by atoms with Crippen LogP contribution in [0.3, 0.4) is 0 Å². The monoisotopic (exact) mass is 456 g/mol. The Morgan fingerprint density at radius 2 is 1.73 bits per heavy atom. The first kappa shape index (κ1) is 23.3. The lowest BCUT2D eigenvalue weighted by Gasteiger charge is -2.31. The lowest BCUT2D eigenvalue weighted by molar-refractivity contribution is -0.0339. The molecule has 4 rings (SSSR count). The summed E-state index contributed by atoms with van der Waals surface area (Å²) in [5.41, 5.74) is 1.78. The summed E-state index contributed by atoms with van der Waals surface area (Å²) in [4.78, 5) is 13.4. The van der Waals surface area contributed by atoms with Gasteiger partial charge in [0.2, 0.25) is 0 Å². The highest BCUT2D eigenvalue weighted by molar-refractivity contribution is 6.19. The van der Waals surface area contributed by atoms with Crippen LogP contribution in [0.5, 0.6) is 11.5 Å². The molecule has 8 nitrogen and oxygen atoms in total. The second-order valence-electron chi connectivity index (χ2n) is 8.60. The van der Waals surface area contributed by atoms with Crippen LogP contribution in [-0.4, -0.2) is 66.8 Å². The Bertz CT molecular complexity index is 1160. The van der Waals surface area contributed by atoms with E-state index in [0.717, 1.165) is 10.9 Å². The number of methoxy groups -OCH3 is 1. The van der Waals surface area contributed by atoms with Crippen molar-refractivity contribution in [1.82, 2.24) is 0 Å². The highest BCUT2D eigenvalue weighted by Crippen LogP contribution is 2.46. The maximum Gasteiger partial charge on any atom is 0.197 e. The van der Waals surface area contributed by atoms with E-state index in [-0.39, 0.29) is 12.4 Å². The highest BCUT2D eigenvalue weighted by Gasteiger charge is 2.41. The van der Waals surface area contributed by atoms with Crippen LogP contribution in [0.15, 0.2) is 40.8 Å². The van der Waals surface area contributed by atoms with E-state index in [1.54, 1.807) is 31.4 Å². The molecule has 1 aromatic heterocycles. The number of rotatable bonds is 9. The van der Waals surface area contributed by atoms with Crippen molar-refractivity contribution in [3.05, 3.63) is 58.8 Å². The summed E-state index contributed by atoms with van der Waals surface area (Å²) in [5, 5.41) is 29.0. The van der Waals surface area contributed by atoms with Crippen molar-refractivity contribution in [3.8, 4) is 11.5 Å². The van der Waals surface area contributed by atoms with Crippen LogP contribution >= 0.6 is 0 Å². The number of aliphatic hydroxyl groups excluding tert-OH is 3. The molecule has 3 aromatic rings. The predicted octanol–water partition coefficient (Wildman–Crippen LogP) is 2.42. The number of furan rings is 1. The number of hydrogen-bond acceptors (Lipinski definition) is 8. The molecule has 2 atom stereocenters. The zero-order valence-electron chi connectivity index (χ0n) is 18.8. The van der Waals surface area contributed by atoms with Gasteiger partial charge in [-0.1, -0.05) is 0 Å². The summed E-state index contributed by atoms with van der Waals surface area (Å²) in [6.07, 6.45) is -2.52. The number of carbonyl (C=O) groups is 1. The zero-order valence-corrected chi connectivity index (χ0v) is 18.8. The van der Waals surface area contributed by atoms with Crippen molar-refractivity contribution in [2.75, 3.05) is 33.5 Å². The molecule has 0 amide bonds. The van der Waals surface area contributed by atoms with Gasteiger partial charge in [0.05, 0.1) is 18.8 Å². The highest BCUT2D eigenvalue weighted by atomic mass is 16.5. The third kappa shape index (κ3) is 4.22. The first-order valence-electron chi connectivity index (χ1n) is 10.8. The van der Waals surface area contributed by atoms with Crippen molar-refractivity contribution in [2.45, 2.75) is 31.5 Å². The molecular weight excluding hydrogens is 428 g/mol. The Kier molecular flexibility index (Phi) is 6.45. The van der Waals surface area contributed by atoms with Gasteiger partial charge in [-0.25, -0.2) is 0 Å². The minimum atomic E-state index is -1.29. The van der Waals surface area contributed by atoms with Gasteiger partial charge >= 0.3 is 0 Å². The molecule has 0 radical (unpaired) electrons. The number of fused-ring (bicyclic) bond motifs is 4. The van der Waals surface area contributed by atoms with Crippen LogP contribution in [0.25, 0.3) is 11.0 Å². The summed E-state index contributed by atoms with van der Waals surface area (Å²) >= 11 is 0. The molecule has 0 saturated carbocycles. The molecule has 33 heavy (non-hydrogen) atoms. The van der Waals surface area contributed by atoms with Crippen molar-refractivity contribution in [3.63, 3.8) is 0 Å². The molecule has 0 fully saturated rings. The Labute approximate surface area is 191 Å². The molecule has 0 spiro atoms. The van der Waals surface area contributed by atoms with Gasteiger partial charge in [0.1, 0.15) is 48.3 Å². The lowest BCUT2D eigenvalue weighted by atomic mass is 9.71. The molecule has 0 aliphatic heterocycles. The Hall–Kier alpha value is -2.91. The minimum absolute atomic E-state index is 0.131. The topological polar surface area (TPSA) is 119 Å². The van der Waals surface area contributed by atoms with Gasteiger partial charge in [-0.05, 0) is 49.7 Å². The number of benzene rings is 2. The molecule has 1 aliphatic carbocycles. The number of ketones is 1. The number of aliphatic hydroxyl groups is 3. The van der Waals surface area contributed by atoms with E-state index >= 15 is 0 Å². The van der Waals surface area contributed by atoms with Crippen LogP contribution in [-0.2, 0) is 10.2 Å². The summed E-state index contributed by atoms with van der Waals surface area (Å²) in [6, 6.07) is 10.5. The van der Waals surface area contributed by atoms with E-state index in [9.17, 15) is 15.0 Å². The second kappa shape index (κ2) is 9.15. The maximum absolute atomic E-state index is 13.4. The fraction of sp³-hybridized carbons (Fsp3) is 0.400. The zero-order chi connectivity index (χ0) is 23.8. The third-order valence-electron chi connectivity index (χ3n) is 5.97. The van der Waals surface area contributed by atoms with Gasteiger partial charge in [0, 0.05) is 29.5 Å². The summed E-state index contributed by atoms with van der Waals surface area (Å²) in [7, 11) is 1.61. The molecule has 0 saturated heterocycles. The Morgan fingerprint density at radius 1 is 1.00 bits per heavy atom. The van der Waals surface area contributed by atoms with E-state index in [0.29, 0.717) is 47.2 Å². The van der Waals surface area contributed by atoms with Gasteiger partial charge in [0.15, 0.2) is 5.78 Å². The van der Waals surface area contributed by atoms with Gasteiger partial charge in [-0.15, -0.1) is 0 Å². The van der Waals surface area contributed by atoms with E-state index in [4.69, 9.17) is 23.7 Å². The lowest BCUT2D eigenvalue weighted by Crippen LogP contribution is -2.34. The van der Waals surface area contributed by atoms with Crippen molar-refractivity contribution in [1.29, 1.82) is 0 Å². The molecule has 1 heterocycles. The molecule has 0 unspecified atom stereocenters. The van der Waals surface area contributed by atoms with E-state index in [2.05, 4.69) is 0 Å². The van der Waals surface area contributed by atoms with Crippen molar-refractivity contribution >= 4 is 16.8 Å². The summed E-state index contributed by atoms with van der Waals surface area (Å²) in [6.45, 7) is 4.06. The van der Waals surface area contributed by atoms with Crippen molar-refractivity contribution in [2.24, 2.45) is 0 Å². The van der Waals surface area contributed by atoms with Gasteiger partial charge in [-0.2, -0.15) is 0 Å². The summed E-state index contributed by atoms with van der Waals surface area (Å²) < 4.78 is 22.5.